The van der Waals surface area contributed by atoms with Gasteiger partial charge in [-0.05, 0) is 42.5 Å². The molecule has 9 heteroatoms. The molecule has 0 bridgehead atoms. The SMILES string of the molecule is O=C(O)COc1ccccc1[C@H]1[C@@H]2C(=O)N(c3ccc(F)cc3)C(=O)[C@@H]2ON1c1ccccc1. The van der Waals surface area contributed by atoms with E-state index in [1.807, 2.05) is 6.07 Å². The summed E-state index contributed by atoms with van der Waals surface area (Å²) < 4.78 is 18.9. The summed E-state index contributed by atoms with van der Waals surface area (Å²) in [7, 11) is 0. The van der Waals surface area contributed by atoms with Gasteiger partial charge in [0.2, 0.25) is 5.91 Å². The zero-order valence-corrected chi connectivity index (χ0v) is 17.7. The number of anilines is 2. The highest BCUT2D eigenvalue weighted by Crippen LogP contribution is 2.49. The fraction of sp³-hybridized carbons (Fsp3) is 0.160. The van der Waals surface area contributed by atoms with Gasteiger partial charge in [-0.25, -0.2) is 19.1 Å². The Labute approximate surface area is 193 Å². The molecule has 0 aromatic heterocycles. The summed E-state index contributed by atoms with van der Waals surface area (Å²) in [6.07, 6.45) is -1.12. The number of amides is 2. The molecule has 2 aliphatic heterocycles. The number of benzene rings is 3. The largest absolute Gasteiger partial charge is 0.482 e. The normalized spacial score (nSPS) is 21.6. The molecule has 3 aromatic rings. The molecule has 172 valence electrons. The average molecular weight is 462 g/mol. The Morgan fingerprint density at radius 2 is 1.59 bits per heavy atom. The topological polar surface area (TPSA) is 96.4 Å². The number of hydroxylamine groups is 1. The van der Waals surface area contributed by atoms with Gasteiger partial charge < -0.3 is 9.84 Å². The van der Waals surface area contributed by atoms with Crippen LogP contribution in [0, 0.1) is 11.7 Å². The fourth-order valence-corrected chi connectivity index (χ4v) is 4.37. The zero-order valence-electron chi connectivity index (χ0n) is 17.7. The van der Waals surface area contributed by atoms with Gasteiger partial charge >= 0.3 is 5.97 Å². The lowest BCUT2D eigenvalue weighted by atomic mass is 9.90. The molecule has 2 amide bonds. The van der Waals surface area contributed by atoms with Crippen molar-refractivity contribution in [2.75, 3.05) is 16.6 Å². The van der Waals surface area contributed by atoms with Crippen LogP contribution in [0.5, 0.6) is 5.75 Å². The van der Waals surface area contributed by atoms with Gasteiger partial charge in [-0.3, -0.25) is 14.4 Å². The van der Waals surface area contributed by atoms with Gasteiger partial charge in [0.05, 0.1) is 17.4 Å². The van der Waals surface area contributed by atoms with E-state index in [1.54, 1.807) is 48.5 Å². The van der Waals surface area contributed by atoms with Crippen LogP contribution in [0.15, 0.2) is 78.9 Å². The molecular formula is C25H19FN2O6. The highest BCUT2D eigenvalue weighted by Gasteiger charge is 2.60. The number of aliphatic carboxylic acids is 1. The van der Waals surface area contributed by atoms with Gasteiger partial charge in [-0.1, -0.05) is 36.4 Å². The molecule has 2 fully saturated rings. The standard InChI is InChI=1S/C25H19FN2O6/c26-15-10-12-16(13-11-15)27-24(31)21-22(18-8-4-5-9-19(18)33-14-20(29)30)28(34-23(21)25(27)32)17-6-2-1-3-7-17/h1-13,21-23H,14H2,(H,29,30)/t21-,22-,23+/m0/s1. The molecule has 3 aromatic carbocycles. The van der Waals surface area contributed by atoms with E-state index in [-0.39, 0.29) is 11.4 Å². The number of rotatable bonds is 6. The van der Waals surface area contributed by atoms with Crippen LogP contribution in [-0.2, 0) is 19.2 Å². The Balaban J connectivity index is 1.59. The van der Waals surface area contributed by atoms with Gasteiger partial charge in [0, 0.05) is 5.56 Å². The first-order chi connectivity index (χ1) is 16.5. The number of carboxylic acids is 1. The predicted molar refractivity (Wildman–Crippen MR) is 118 cm³/mol. The van der Waals surface area contributed by atoms with E-state index in [4.69, 9.17) is 14.7 Å². The first-order valence-electron chi connectivity index (χ1n) is 10.5. The highest BCUT2D eigenvalue weighted by molar-refractivity contribution is 6.23. The third kappa shape index (κ3) is 3.65. The van der Waals surface area contributed by atoms with Crippen LogP contribution >= 0.6 is 0 Å². The molecule has 0 unspecified atom stereocenters. The number of hydrogen-bond acceptors (Lipinski definition) is 6. The quantitative estimate of drug-likeness (QED) is 0.562. The number of carbonyl (C=O) groups is 3. The highest BCUT2D eigenvalue weighted by atomic mass is 19.1. The minimum Gasteiger partial charge on any atom is -0.482 e. The van der Waals surface area contributed by atoms with Crippen LogP contribution in [0.4, 0.5) is 15.8 Å². The number of fused-ring (bicyclic) bond motifs is 1. The van der Waals surface area contributed by atoms with E-state index < -0.39 is 48.3 Å². The van der Waals surface area contributed by atoms with Crippen molar-refractivity contribution in [3.63, 3.8) is 0 Å². The average Bonchev–Trinajstić information content (AvgIpc) is 3.35. The molecule has 2 saturated heterocycles. The maximum absolute atomic E-state index is 13.6. The van der Waals surface area contributed by atoms with E-state index in [2.05, 4.69) is 0 Å². The Bertz CT molecular complexity index is 1250. The smallest absolute Gasteiger partial charge is 0.341 e. The summed E-state index contributed by atoms with van der Waals surface area (Å²) in [4.78, 5) is 45.0. The van der Waals surface area contributed by atoms with E-state index in [0.717, 1.165) is 4.90 Å². The van der Waals surface area contributed by atoms with Crippen molar-refractivity contribution in [1.29, 1.82) is 0 Å². The van der Waals surface area contributed by atoms with E-state index in [1.165, 1.54) is 29.3 Å². The number of carbonyl (C=O) groups excluding carboxylic acids is 2. The van der Waals surface area contributed by atoms with Gasteiger partial charge in [0.15, 0.2) is 12.7 Å². The van der Waals surface area contributed by atoms with Crippen LogP contribution in [0.1, 0.15) is 11.6 Å². The van der Waals surface area contributed by atoms with Crippen LogP contribution in [0.3, 0.4) is 0 Å². The first kappa shape index (κ1) is 21.6. The molecule has 3 atom stereocenters. The number of nitrogens with zero attached hydrogens (tertiary/aromatic N) is 2. The third-order valence-corrected chi connectivity index (χ3v) is 5.80. The van der Waals surface area contributed by atoms with Gasteiger partial charge in [0.1, 0.15) is 17.5 Å². The van der Waals surface area contributed by atoms with Crippen LogP contribution in [-0.4, -0.2) is 35.6 Å². The number of carboxylic acid groups (broad SMARTS) is 1. The van der Waals surface area contributed by atoms with Crippen molar-refractivity contribution in [3.05, 3.63) is 90.2 Å². The number of para-hydroxylation sites is 2. The molecule has 0 aliphatic carbocycles. The van der Waals surface area contributed by atoms with Crippen molar-refractivity contribution < 1.29 is 33.5 Å². The van der Waals surface area contributed by atoms with E-state index in [9.17, 15) is 18.8 Å². The molecule has 8 nitrogen and oxygen atoms in total. The van der Waals surface area contributed by atoms with Crippen molar-refractivity contribution in [2.45, 2.75) is 12.1 Å². The Kier molecular flexibility index (Phi) is 5.46. The first-order valence-corrected chi connectivity index (χ1v) is 10.5. The summed E-state index contributed by atoms with van der Waals surface area (Å²) in [5.74, 6) is -3.37. The molecule has 2 heterocycles. The zero-order chi connectivity index (χ0) is 23.8. The summed E-state index contributed by atoms with van der Waals surface area (Å²) in [6.45, 7) is -0.571. The third-order valence-electron chi connectivity index (χ3n) is 5.80. The maximum atomic E-state index is 13.6. The Morgan fingerprint density at radius 3 is 2.29 bits per heavy atom. The number of imide groups is 1. The lowest BCUT2D eigenvalue weighted by molar-refractivity contribution is -0.139. The number of halogens is 1. The van der Waals surface area contributed by atoms with Crippen molar-refractivity contribution >= 4 is 29.2 Å². The van der Waals surface area contributed by atoms with E-state index in [0.29, 0.717) is 11.3 Å². The van der Waals surface area contributed by atoms with E-state index >= 15 is 0 Å². The van der Waals surface area contributed by atoms with Crippen molar-refractivity contribution in [1.82, 2.24) is 0 Å². The minimum absolute atomic E-state index is 0.245. The molecule has 5 rings (SSSR count). The summed E-state index contributed by atoms with van der Waals surface area (Å²) in [5.41, 5.74) is 1.36. The van der Waals surface area contributed by atoms with Crippen LogP contribution in [0.2, 0.25) is 0 Å². The maximum Gasteiger partial charge on any atom is 0.341 e. The lowest BCUT2D eigenvalue weighted by Crippen LogP contribution is -2.37. The number of hydrogen-bond donors (Lipinski definition) is 1. The Morgan fingerprint density at radius 1 is 0.912 bits per heavy atom. The van der Waals surface area contributed by atoms with Crippen molar-refractivity contribution in [3.8, 4) is 5.75 Å². The van der Waals surface area contributed by atoms with Crippen LogP contribution in [0.25, 0.3) is 0 Å². The predicted octanol–water partition coefficient (Wildman–Crippen LogP) is 3.34. The van der Waals surface area contributed by atoms with Gasteiger partial charge in [-0.2, -0.15) is 0 Å². The van der Waals surface area contributed by atoms with Gasteiger partial charge in [0.25, 0.3) is 5.91 Å². The van der Waals surface area contributed by atoms with Gasteiger partial charge in [-0.15, -0.1) is 0 Å². The molecule has 0 radical (unpaired) electrons. The minimum atomic E-state index is -1.15. The second-order valence-electron chi connectivity index (χ2n) is 7.87. The lowest BCUT2D eigenvalue weighted by Gasteiger charge is -2.29. The molecular weight excluding hydrogens is 443 g/mol. The summed E-state index contributed by atoms with van der Waals surface area (Å²) in [6, 6.07) is 20.0. The Hall–Kier alpha value is -4.24. The molecule has 2 aliphatic rings. The summed E-state index contributed by atoms with van der Waals surface area (Å²) >= 11 is 0. The molecule has 0 spiro atoms. The van der Waals surface area contributed by atoms with Crippen LogP contribution < -0.4 is 14.7 Å². The second kappa shape index (κ2) is 8.60. The summed E-state index contributed by atoms with van der Waals surface area (Å²) in [5, 5.41) is 10.6. The molecule has 0 saturated carbocycles. The monoisotopic (exact) mass is 462 g/mol. The second-order valence-corrected chi connectivity index (χ2v) is 7.87. The molecule has 34 heavy (non-hydrogen) atoms. The van der Waals surface area contributed by atoms with Crippen molar-refractivity contribution in [2.24, 2.45) is 5.92 Å². The number of ether oxygens (including phenoxy) is 1. The molecule has 1 N–H and O–H groups in total. The fourth-order valence-electron chi connectivity index (χ4n) is 4.37.